The van der Waals surface area contributed by atoms with Crippen LogP contribution < -0.4 is 20.1 Å². The highest BCUT2D eigenvalue weighted by atomic mass is 16.6. The van der Waals surface area contributed by atoms with Crippen molar-refractivity contribution in [3.63, 3.8) is 0 Å². The lowest BCUT2D eigenvalue weighted by Gasteiger charge is -2.19. The van der Waals surface area contributed by atoms with Gasteiger partial charge in [-0.05, 0) is 17.7 Å². The van der Waals surface area contributed by atoms with Gasteiger partial charge in [0.15, 0.2) is 11.5 Å². The van der Waals surface area contributed by atoms with Crippen LogP contribution in [0.25, 0.3) is 0 Å². The van der Waals surface area contributed by atoms with Crippen molar-refractivity contribution in [3.8, 4) is 11.5 Å². The molecular weight excluding hydrogens is 268 g/mol. The SMILES string of the molecule is O=C(NCc1ccccc1)Nc1ccc2c(c1)OCCO2. The van der Waals surface area contributed by atoms with E-state index in [2.05, 4.69) is 10.6 Å². The van der Waals surface area contributed by atoms with Gasteiger partial charge in [-0.2, -0.15) is 0 Å². The van der Waals surface area contributed by atoms with Gasteiger partial charge >= 0.3 is 6.03 Å². The molecule has 0 fully saturated rings. The van der Waals surface area contributed by atoms with E-state index in [4.69, 9.17) is 9.47 Å². The average molecular weight is 284 g/mol. The maximum atomic E-state index is 11.9. The second-order valence-corrected chi connectivity index (χ2v) is 4.65. The first-order chi connectivity index (χ1) is 10.3. The van der Waals surface area contributed by atoms with E-state index in [-0.39, 0.29) is 6.03 Å². The first-order valence-corrected chi connectivity index (χ1v) is 6.80. The maximum Gasteiger partial charge on any atom is 0.319 e. The first-order valence-electron chi connectivity index (χ1n) is 6.80. The molecule has 5 nitrogen and oxygen atoms in total. The van der Waals surface area contributed by atoms with Gasteiger partial charge in [-0.1, -0.05) is 30.3 Å². The summed E-state index contributed by atoms with van der Waals surface area (Å²) in [7, 11) is 0. The van der Waals surface area contributed by atoms with Crippen LogP contribution in [0, 0.1) is 0 Å². The molecule has 1 aliphatic heterocycles. The van der Waals surface area contributed by atoms with Crippen molar-refractivity contribution in [1.82, 2.24) is 5.32 Å². The third-order valence-corrected chi connectivity index (χ3v) is 3.10. The number of fused-ring (bicyclic) bond motifs is 1. The molecule has 1 aliphatic rings. The Hall–Kier alpha value is -2.69. The van der Waals surface area contributed by atoms with Gasteiger partial charge in [-0.3, -0.25) is 0 Å². The number of benzene rings is 2. The number of anilines is 1. The quantitative estimate of drug-likeness (QED) is 0.911. The Morgan fingerprint density at radius 3 is 2.57 bits per heavy atom. The van der Waals surface area contributed by atoms with Crippen molar-refractivity contribution in [3.05, 3.63) is 54.1 Å². The summed E-state index contributed by atoms with van der Waals surface area (Å²) in [6.45, 7) is 1.56. The van der Waals surface area contributed by atoms with E-state index in [1.165, 1.54) is 0 Å². The zero-order chi connectivity index (χ0) is 14.5. The molecular formula is C16H16N2O3. The van der Waals surface area contributed by atoms with Crippen LogP contribution in [0.15, 0.2) is 48.5 Å². The first kappa shape index (κ1) is 13.3. The summed E-state index contributed by atoms with van der Waals surface area (Å²) in [5.41, 5.74) is 1.72. The topological polar surface area (TPSA) is 59.6 Å². The number of urea groups is 1. The third kappa shape index (κ3) is 3.45. The Balaban J connectivity index is 1.57. The summed E-state index contributed by atoms with van der Waals surface area (Å²) in [6, 6.07) is 14.8. The van der Waals surface area contributed by atoms with Crippen LogP contribution >= 0.6 is 0 Å². The molecule has 0 spiro atoms. The van der Waals surface area contributed by atoms with Crippen LogP contribution in [0.4, 0.5) is 10.5 Å². The lowest BCUT2D eigenvalue weighted by molar-refractivity contribution is 0.171. The van der Waals surface area contributed by atoms with Crippen LogP contribution in [0.3, 0.4) is 0 Å². The summed E-state index contributed by atoms with van der Waals surface area (Å²) >= 11 is 0. The molecule has 5 heteroatoms. The Morgan fingerprint density at radius 1 is 1.00 bits per heavy atom. The van der Waals surface area contributed by atoms with Crippen LogP contribution in [0.5, 0.6) is 11.5 Å². The largest absolute Gasteiger partial charge is 0.486 e. The van der Waals surface area contributed by atoms with Gasteiger partial charge < -0.3 is 20.1 Å². The molecule has 108 valence electrons. The Kier molecular flexibility index (Phi) is 3.91. The monoisotopic (exact) mass is 284 g/mol. The van der Waals surface area contributed by atoms with Gasteiger partial charge in [-0.15, -0.1) is 0 Å². The minimum atomic E-state index is -0.254. The van der Waals surface area contributed by atoms with Crippen LogP contribution in [0.2, 0.25) is 0 Å². The molecule has 0 radical (unpaired) electrons. The highest BCUT2D eigenvalue weighted by molar-refractivity contribution is 5.89. The van der Waals surface area contributed by atoms with Crippen molar-refractivity contribution in [2.24, 2.45) is 0 Å². The minimum Gasteiger partial charge on any atom is -0.486 e. The summed E-state index contributed by atoms with van der Waals surface area (Å²) in [4.78, 5) is 11.9. The highest BCUT2D eigenvalue weighted by Gasteiger charge is 2.12. The zero-order valence-corrected chi connectivity index (χ0v) is 11.5. The van der Waals surface area contributed by atoms with Gasteiger partial charge in [0.05, 0.1) is 0 Å². The molecule has 3 rings (SSSR count). The Bertz CT molecular complexity index is 629. The number of rotatable bonds is 3. The number of amides is 2. The third-order valence-electron chi connectivity index (χ3n) is 3.10. The van der Waals surface area contributed by atoms with Crippen molar-refractivity contribution in [1.29, 1.82) is 0 Å². The molecule has 0 saturated carbocycles. The number of hydrogen-bond acceptors (Lipinski definition) is 3. The number of hydrogen-bond donors (Lipinski definition) is 2. The number of carbonyl (C=O) groups is 1. The van der Waals surface area contributed by atoms with Crippen LogP contribution in [-0.4, -0.2) is 19.2 Å². The number of ether oxygens (including phenoxy) is 2. The van der Waals surface area contributed by atoms with Gasteiger partial charge in [0, 0.05) is 18.3 Å². The van der Waals surface area contributed by atoms with Crippen molar-refractivity contribution < 1.29 is 14.3 Å². The number of carbonyl (C=O) groups excluding carboxylic acids is 1. The molecule has 0 saturated heterocycles. The van der Waals surface area contributed by atoms with E-state index in [9.17, 15) is 4.79 Å². The normalized spacial score (nSPS) is 12.6. The van der Waals surface area contributed by atoms with E-state index in [0.29, 0.717) is 36.9 Å². The fourth-order valence-corrected chi connectivity index (χ4v) is 2.07. The summed E-state index contributed by atoms with van der Waals surface area (Å²) in [5, 5.41) is 5.58. The standard InChI is InChI=1S/C16H16N2O3/c19-16(17-11-12-4-2-1-3-5-12)18-13-6-7-14-15(10-13)21-9-8-20-14/h1-7,10H,8-9,11H2,(H2,17,18,19). The molecule has 2 aromatic carbocycles. The Morgan fingerprint density at radius 2 is 1.76 bits per heavy atom. The van der Waals surface area contributed by atoms with Gasteiger partial charge in [0.2, 0.25) is 0 Å². The van der Waals surface area contributed by atoms with Crippen molar-refractivity contribution in [2.45, 2.75) is 6.54 Å². The van der Waals surface area contributed by atoms with E-state index >= 15 is 0 Å². The summed E-state index contributed by atoms with van der Waals surface area (Å²) < 4.78 is 10.9. The van der Waals surface area contributed by atoms with E-state index in [1.807, 2.05) is 30.3 Å². The molecule has 0 aromatic heterocycles. The fraction of sp³-hybridized carbons (Fsp3) is 0.188. The molecule has 0 bridgehead atoms. The molecule has 2 N–H and O–H groups in total. The molecule has 21 heavy (non-hydrogen) atoms. The summed E-state index contributed by atoms with van der Waals surface area (Å²) in [5.74, 6) is 1.36. The molecule has 2 aromatic rings. The fourth-order valence-electron chi connectivity index (χ4n) is 2.07. The maximum absolute atomic E-state index is 11.9. The highest BCUT2D eigenvalue weighted by Crippen LogP contribution is 2.32. The van der Waals surface area contributed by atoms with E-state index in [0.717, 1.165) is 5.56 Å². The average Bonchev–Trinajstić information content (AvgIpc) is 2.54. The van der Waals surface area contributed by atoms with Crippen LogP contribution in [-0.2, 0) is 6.54 Å². The predicted molar refractivity (Wildman–Crippen MR) is 79.7 cm³/mol. The summed E-state index contributed by atoms with van der Waals surface area (Å²) in [6.07, 6.45) is 0. The van der Waals surface area contributed by atoms with E-state index in [1.54, 1.807) is 18.2 Å². The van der Waals surface area contributed by atoms with Crippen LogP contribution in [0.1, 0.15) is 5.56 Å². The van der Waals surface area contributed by atoms with Crippen molar-refractivity contribution in [2.75, 3.05) is 18.5 Å². The van der Waals surface area contributed by atoms with Crippen molar-refractivity contribution >= 4 is 11.7 Å². The number of nitrogens with one attached hydrogen (secondary N) is 2. The molecule has 2 amide bonds. The minimum absolute atomic E-state index is 0.254. The van der Waals surface area contributed by atoms with E-state index < -0.39 is 0 Å². The molecule has 0 atom stereocenters. The second-order valence-electron chi connectivity index (χ2n) is 4.65. The molecule has 1 heterocycles. The molecule has 0 aliphatic carbocycles. The lowest BCUT2D eigenvalue weighted by Crippen LogP contribution is -2.28. The lowest BCUT2D eigenvalue weighted by atomic mass is 10.2. The van der Waals surface area contributed by atoms with Gasteiger partial charge in [-0.25, -0.2) is 4.79 Å². The Labute approximate surface area is 122 Å². The second kappa shape index (κ2) is 6.17. The van der Waals surface area contributed by atoms with Gasteiger partial charge in [0.1, 0.15) is 13.2 Å². The van der Waals surface area contributed by atoms with Gasteiger partial charge in [0.25, 0.3) is 0 Å². The molecule has 0 unspecified atom stereocenters. The smallest absolute Gasteiger partial charge is 0.319 e. The predicted octanol–water partition coefficient (Wildman–Crippen LogP) is 2.78. The zero-order valence-electron chi connectivity index (χ0n) is 11.5.